The molecule has 0 saturated heterocycles. The van der Waals surface area contributed by atoms with Crippen LogP contribution in [-0.4, -0.2) is 14.7 Å². The molecular weight excluding hydrogens is 390 g/mol. The van der Waals surface area contributed by atoms with E-state index in [1.54, 1.807) is 24.3 Å². The van der Waals surface area contributed by atoms with Crippen molar-refractivity contribution in [2.24, 2.45) is 0 Å². The summed E-state index contributed by atoms with van der Waals surface area (Å²) in [5.41, 5.74) is 0.919. The number of sulfonamides is 1. The van der Waals surface area contributed by atoms with Gasteiger partial charge in [-0.3, -0.25) is 9.52 Å². The molecule has 0 aliphatic rings. The molecule has 146 valence electrons. The molecule has 1 heterocycles. The van der Waals surface area contributed by atoms with Crippen molar-refractivity contribution in [3.63, 3.8) is 0 Å². The van der Waals surface area contributed by atoms with Gasteiger partial charge in [0.05, 0.1) is 17.3 Å². The van der Waals surface area contributed by atoms with Crippen LogP contribution in [0.2, 0.25) is 0 Å². The van der Waals surface area contributed by atoms with Gasteiger partial charge in [0.2, 0.25) is 10.0 Å². The second kappa shape index (κ2) is 7.44. The van der Waals surface area contributed by atoms with Gasteiger partial charge in [0.15, 0.2) is 11.2 Å². The normalized spacial score (nSPS) is 11.3. The van der Waals surface area contributed by atoms with E-state index in [2.05, 4.69) is 4.72 Å². The lowest BCUT2D eigenvalue weighted by Crippen LogP contribution is -2.11. The van der Waals surface area contributed by atoms with Crippen LogP contribution in [0.25, 0.3) is 22.3 Å². The van der Waals surface area contributed by atoms with E-state index in [9.17, 15) is 13.2 Å². The van der Waals surface area contributed by atoms with Gasteiger partial charge in [-0.05, 0) is 18.2 Å². The molecule has 0 saturated carbocycles. The van der Waals surface area contributed by atoms with Crippen molar-refractivity contribution in [1.29, 1.82) is 0 Å². The average molecular weight is 407 g/mol. The highest BCUT2D eigenvalue weighted by atomic mass is 32.2. The fourth-order valence-electron chi connectivity index (χ4n) is 2.91. The molecule has 0 bridgehead atoms. The van der Waals surface area contributed by atoms with Crippen molar-refractivity contribution in [2.75, 3.05) is 11.0 Å². The van der Waals surface area contributed by atoms with Gasteiger partial charge in [-0.2, -0.15) is 0 Å². The predicted molar refractivity (Wildman–Crippen MR) is 113 cm³/mol. The summed E-state index contributed by atoms with van der Waals surface area (Å²) in [6.07, 6.45) is 1.04. The Balaban J connectivity index is 1.89. The van der Waals surface area contributed by atoms with Crippen LogP contribution in [0.15, 0.2) is 88.1 Å². The zero-order chi connectivity index (χ0) is 20.4. The highest BCUT2D eigenvalue weighted by Gasteiger charge is 2.15. The third kappa shape index (κ3) is 4.30. The Bertz CT molecular complexity index is 1330. The van der Waals surface area contributed by atoms with Crippen molar-refractivity contribution in [1.82, 2.24) is 0 Å². The number of para-hydroxylation sites is 1. The molecule has 6 nitrogen and oxygen atoms in total. The van der Waals surface area contributed by atoms with E-state index in [1.165, 1.54) is 18.2 Å². The predicted octanol–water partition coefficient (Wildman–Crippen LogP) is 4.62. The second-order valence-electron chi connectivity index (χ2n) is 6.47. The van der Waals surface area contributed by atoms with Gasteiger partial charge in [0.1, 0.15) is 17.1 Å². The SMILES string of the molecule is CS(=O)(=O)Nc1cc2oc(-c3ccccc3)cc(=O)c2cc1Oc1ccccc1. The number of rotatable bonds is 5. The van der Waals surface area contributed by atoms with Crippen molar-refractivity contribution < 1.29 is 17.6 Å². The first kappa shape index (κ1) is 18.8. The highest BCUT2D eigenvalue weighted by Crippen LogP contribution is 2.34. The van der Waals surface area contributed by atoms with E-state index < -0.39 is 10.0 Å². The molecule has 3 aromatic carbocycles. The number of fused-ring (bicyclic) bond motifs is 1. The van der Waals surface area contributed by atoms with Crippen LogP contribution >= 0.6 is 0 Å². The molecule has 0 spiro atoms. The first-order chi connectivity index (χ1) is 13.9. The van der Waals surface area contributed by atoms with Gasteiger partial charge >= 0.3 is 0 Å². The second-order valence-corrected chi connectivity index (χ2v) is 8.22. The lowest BCUT2D eigenvalue weighted by atomic mass is 10.1. The number of ether oxygens (including phenoxy) is 1. The minimum absolute atomic E-state index is 0.178. The van der Waals surface area contributed by atoms with Gasteiger partial charge in [-0.1, -0.05) is 48.5 Å². The van der Waals surface area contributed by atoms with Gasteiger partial charge < -0.3 is 9.15 Å². The van der Waals surface area contributed by atoms with Crippen LogP contribution in [0.3, 0.4) is 0 Å². The standard InChI is InChI=1S/C22H17NO5S/c1-29(25,26)23-18-13-21-17(12-22(18)27-16-10-6-3-7-11-16)19(24)14-20(28-21)15-8-4-2-5-9-15/h2-14,23H,1H3. The van der Waals surface area contributed by atoms with E-state index in [0.717, 1.165) is 11.8 Å². The Morgan fingerprint density at radius 1 is 0.897 bits per heavy atom. The number of benzene rings is 3. The summed E-state index contributed by atoms with van der Waals surface area (Å²) in [6.45, 7) is 0. The van der Waals surface area contributed by atoms with Crippen molar-refractivity contribution in [3.05, 3.63) is 89.1 Å². The number of hydrogen-bond donors (Lipinski definition) is 1. The van der Waals surface area contributed by atoms with Crippen molar-refractivity contribution >= 4 is 26.7 Å². The van der Waals surface area contributed by atoms with Gasteiger partial charge in [-0.25, -0.2) is 8.42 Å². The summed E-state index contributed by atoms with van der Waals surface area (Å²) in [5.74, 6) is 1.10. The quantitative estimate of drug-likeness (QED) is 0.522. The van der Waals surface area contributed by atoms with Crippen molar-refractivity contribution in [3.8, 4) is 22.8 Å². The minimum atomic E-state index is -3.58. The number of hydrogen-bond acceptors (Lipinski definition) is 5. The maximum Gasteiger partial charge on any atom is 0.229 e. The van der Waals surface area contributed by atoms with Gasteiger partial charge in [-0.15, -0.1) is 0 Å². The van der Waals surface area contributed by atoms with Crippen LogP contribution in [0, 0.1) is 0 Å². The van der Waals surface area contributed by atoms with E-state index in [-0.39, 0.29) is 27.8 Å². The number of anilines is 1. The summed E-state index contributed by atoms with van der Waals surface area (Å²) in [7, 11) is -3.58. The molecular formula is C22H17NO5S. The summed E-state index contributed by atoms with van der Waals surface area (Å²) in [6, 6.07) is 22.4. The van der Waals surface area contributed by atoms with Crippen LogP contribution in [0.1, 0.15) is 0 Å². The van der Waals surface area contributed by atoms with Gasteiger partial charge in [0.25, 0.3) is 0 Å². The molecule has 29 heavy (non-hydrogen) atoms. The average Bonchev–Trinajstić information content (AvgIpc) is 2.69. The van der Waals surface area contributed by atoms with Crippen LogP contribution in [0.4, 0.5) is 5.69 Å². The first-order valence-electron chi connectivity index (χ1n) is 8.77. The third-order valence-corrected chi connectivity index (χ3v) is 4.74. The lowest BCUT2D eigenvalue weighted by molar-refractivity contribution is 0.485. The molecule has 0 atom stereocenters. The molecule has 7 heteroatoms. The van der Waals surface area contributed by atoms with Crippen LogP contribution < -0.4 is 14.9 Å². The summed E-state index contributed by atoms with van der Waals surface area (Å²) >= 11 is 0. The monoisotopic (exact) mass is 407 g/mol. The van der Waals surface area contributed by atoms with E-state index in [1.807, 2.05) is 36.4 Å². The van der Waals surface area contributed by atoms with Crippen LogP contribution in [-0.2, 0) is 10.0 Å². The van der Waals surface area contributed by atoms with Crippen molar-refractivity contribution in [2.45, 2.75) is 0 Å². The molecule has 4 rings (SSSR count). The smallest absolute Gasteiger partial charge is 0.229 e. The van der Waals surface area contributed by atoms with Crippen LogP contribution in [0.5, 0.6) is 11.5 Å². The molecule has 0 radical (unpaired) electrons. The molecule has 0 aliphatic heterocycles. The maximum absolute atomic E-state index is 12.7. The Kier molecular flexibility index (Phi) is 4.82. The maximum atomic E-state index is 12.7. The van der Waals surface area contributed by atoms with E-state index >= 15 is 0 Å². The fourth-order valence-corrected chi connectivity index (χ4v) is 3.46. The summed E-state index contributed by atoms with van der Waals surface area (Å²) in [4.78, 5) is 12.7. The minimum Gasteiger partial charge on any atom is -0.456 e. The number of nitrogens with one attached hydrogen (secondary N) is 1. The summed E-state index contributed by atoms with van der Waals surface area (Å²) in [5, 5.41) is 0.287. The Labute approximate surface area is 167 Å². The summed E-state index contributed by atoms with van der Waals surface area (Å²) < 4.78 is 37.8. The zero-order valence-electron chi connectivity index (χ0n) is 15.5. The molecule has 0 fully saturated rings. The zero-order valence-corrected chi connectivity index (χ0v) is 16.3. The topological polar surface area (TPSA) is 85.6 Å². The molecule has 0 aliphatic carbocycles. The Morgan fingerprint density at radius 3 is 2.21 bits per heavy atom. The van der Waals surface area contributed by atoms with Gasteiger partial charge in [0, 0.05) is 17.7 Å². The Morgan fingerprint density at radius 2 is 1.55 bits per heavy atom. The molecule has 4 aromatic rings. The molecule has 1 N–H and O–H groups in total. The van der Waals surface area contributed by atoms with E-state index in [4.69, 9.17) is 9.15 Å². The first-order valence-corrected chi connectivity index (χ1v) is 10.7. The molecule has 0 unspecified atom stereocenters. The molecule has 1 aromatic heterocycles. The third-order valence-electron chi connectivity index (χ3n) is 4.15. The molecule has 0 amide bonds. The van der Waals surface area contributed by atoms with E-state index in [0.29, 0.717) is 11.5 Å². The Hall–Kier alpha value is -3.58. The largest absolute Gasteiger partial charge is 0.456 e. The lowest BCUT2D eigenvalue weighted by Gasteiger charge is -2.13. The highest BCUT2D eigenvalue weighted by molar-refractivity contribution is 7.92. The fraction of sp³-hybridized carbons (Fsp3) is 0.0455.